The summed E-state index contributed by atoms with van der Waals surface area (Å²) in [6.45, 7) is 2.14. The van der Waals surface area contributed by atoms with Crippen LogP contribution in [0.2, 0.25) is 0 Å². The number of urea groups is 1. The molecule has 2 rings (SSSR count). The summed E-state index contributed by atoms with van der Waals surface area (Å²) in [7, 11) is 1.78. The van der Waals surface area contributed by atoms with Gasteiger partial charge in [0.1, 0.15) is 5.54 Å². The van der Waals surface area contributed by atoms with Crippen LogP contribution in [0.1, 0.15) is 58.3 Å². The average Bonchev–Trinajstić information content (AvgIpc) is 2.94. The predicted molar refractivity (Wildman–Crippen MR) is 76.5 cm³/mol. The molecule has 0 aliphatic heterocycles. The molecule has 0 unspecified atom stereocenters. The Morgan fingerprint density at radius 2 is 1.70 bits per heavy atom. The summed E-state index contributed by atoms with van der Waals surface area (Å²) in [4.78, 5) is 25.7. The highest BCUT2D eigenvalue weighted by Gasteiger charge is 2.43. The molecule has 0 aromatic rings. The average molecular weight is 282 g/mol. The fraction of sp³-hybridized carbons (Fsp3) is 0.867. The largest absolute Gasteiger partial charge is 0.480 e. The minimum absolute atomic E-state index is 0.228. The monoisotopic (exact) mass is 282 g/mol. The van der Waals surface area contributed by atoms with E-state index in [0.29, 0.717) is 18.8 Å². The Balaban J connectivity index is 2.00. The van der Waals surface area contributed by atoms with E-state index in [1.807, 2.05) is 0 Å². The molecule has 2 aliphatic carbocycles. The number of aliphatic carboxylic acids is 1. The number of carbonyl (C=O) groups is 2. The normalized spacial score (nSPS) is 31.0. The number of carboxylic acid groups (broad SMARTS) is 1. The highest BCUT2D eigenvalue weighted by atomic mass is 16.4. The van der Waals surface area contributed by atoms with Crippen LogP contribution in [0.4, 0.5) is 4.79 Å². The third kappa shape index (κ3) is 3.07. The van der Waals surface area contributed by atoms with E-state index in [0.717, 1.165) is 38.5 Å². The zero-order chi connectivity index (χ0) is 14.8. The lowest BCUT2D eigenvalue weighted by atomic mass is 9.77. The van der Waals surface area contributed by atoms with Gasteiger partial charge in [-0.2, -0.15) is 0 Å². The van der Waals surface area contributed by atoms with Gasteiger partial charge in [0.25, 0.3) is 0 Å². The highest BCUT2D eigenvalue weighted by molar-refractivity contribution is 5.86. The fourth-order valence-electron chi connectivity index (χ4n) is 3.40. The van der Waals surface area contributed by atoms with Gasteiger partial charge in [-0.25, -0.2) is 9.59 Å². The standard InChI is InChI=1S/C15H26N2O3/c1-11-7-9-15(10-8-11,13(18)19)16-14(20)17(2)12-5-3-4-6-12/h11-12H,3-10H2,1-2H3,(H,16,20)(H,18,19). The Bertz CT molecular complexity index is 369. The Kier molecular flexibility index (Phi) is 4.55. The number of carbonyl (C=O) groups excluding carboxylic acids is 1. The maximum absolute atomic E-state index is 12.3. The lowest BCUT2D eigenvalue weighted by Crippen LogP contribution is -2.59. The number of amides is 2. The van der Waals surface area contributed by atoms with Crippen LogP contribution in [-0.4, -0.2) is 40.6 Å². The zero-order valence-electron chi connectivity index (χ0n) is 12.5. The van der Waals surface area contributed by atoms with E-state index in [-0.39, 0.29) is 12.1 Å². The minimum Gasteiger partial charge on any atom is -0.480 e. The molecule has 2 N–H and O–H groups in total. The number of carboxylic acids is 1. The second-order valence-corrected chi connectivity index (χ2v) is 6.55. The van der Waals surface area contributed by atoms with Crippen LogP contribution < -0.4 is 5.32 Å². The molecule has 0 radical (unpaired) electrons. The van der Waals surface area contributed by atoms with Gasteiger partial charge in [0, 0.05) is 13.1 Å². The Labute approximate surface area is 120 Å². The van der Waals surface area contributed by atoms with Gasteiger partial charge < -0.3 is 15.3 Å². The molecule has 114 valence electrons. The molecule has 2 fully saturated rings. The first kappa shape index (κ1) is 15.1. The number of nitrogens with zero attached hydrogens (tertiary/aromatic N) is 1. The van der Waals surface area contributed by atoms with E-state index in [9.17, 15) is 14.7 Å². The maximum Gasteiger partial charge on any atom is 0.329 e. The first-order chi connectivity index (χ1) is 9.44. The van der Waals surface area contributed by atoms with Gasteiger partial charge in [0.2, 0.25) is 0 Å². The third-order valence-corrected chi connectivity index (χ3v) is 5.08. The zero-order valence-corrected chi connectivity index (χ0v) is 12.5. The van der Waals surface area contributed by atoms with Gasteiger partial charge >= 0.3 is 12.0 Å². The number of hydrogen-bond acceptors (Lipinski definition) is 2. The first-order valence-electron chi connectivity index (χ1n) is 7.73. The molecule has 0 aromatic heterocycles. The number of hydrogen-bond donors (Lipinski definition) is 2. The molecule has 0 atom stereocenters. The lowest BCUT2D eigenvalue weighted by molar-refractivity contribution is -0.146. The van der Waals surface area contributed by atoms with Crippen molar-refractivity contribution in [3.05, 3.63) is 0 Å². The van der Waals surface area contributed by atoms with E-state index >= 15 is 0 Å². The van der Waals surface area contributed by atoms with Crippen molar-refractivity contribution in [2.75, 3.05) is 7.05 Å². The molecule has 2 saturated carbocycles. The summed E-state index contributed by atoms with van der Waals surface area (Å²) in [5, 5.41) is 12.4. The van der Waals surface area contributed by atoms with Crippen molar-refractivity contribution in [2.45, 2.75) is 69.9 Å². The molecule has 5 nitrogen and oxygen atoms in total. The highest BCUT2D eigenvalue weighted by Crippen LogP contribution is 2.32. The SMILES string of the molecule is CC1CCC(NC(=O)N(C)C2CCCC2)(C(=O)O)CC1. The molecule has 0 saturated heterocycles. The van der Waals surface area contributed by atoms with Gasteiger partial charge in [0.05, 0.1) is 0 Å². The van der Waals surface area contributed by atoms with Crippen molar-refractivity contribution in [3.63, 3.8) is 0 Å². The van der Waals surface area contributed by atoms with Gasteiger partial charge in [-0.05, 0) is 44.4 Å². The Hall–Kier alpha value is -1.26. The first-order valence-corrected chi connectivity index (χ1v) is 7.73. The van der Waals surface area contributed by atoms with Gasteiger partial charge in [-0.15, -0.1) is 0 Å². The number of rotatable bonds is 3. The summed E-state index contributed by atoms with van der Waals surface area (Å²) in [5.74, 6) is -0.343. The second kappa shape index (κ2) is 6.02. The van der Waals surface area contributed by atoms with Crippen molar-refractivity contribution >= 4 is 12.0 Å². The van der Waals surface area contributed by atoms with Gasteiger partial charge in [-0.3, -0.25) is 0 Å². The Morgan fingerprint density at radius 3 is 2.20 bits per heavy atom. The summed E-state index contributed by atoms with van der Waals surface area (Å²) >= 11 is 0. The summed E-state index contributed by atoms with van der Waals surface area (Å²) in [6.07, 6.45) is 7.16. The number of nitrogens with one attached hydrogen (secondary N) is 1. The lowest BCUT2D eigenvalue weighted by Gasteiger charge is -2.38. The second-order valence-electron chi connectivity index (χ2n) is 6.55. The molecule has 2 aliphatic rings. The fourth-order valence-corrected chi connectivity index (χ4v) is 3.40. The van der Waals surface area contributed by atoms with Crippen LogP contribution >= 0.6 is 0 Å². The minimum atomic E-state index is -1.06. The van der Waals surface area contributed by atoms with Crippen LogP contribution in [0, 0.1) is 5.92 Å². The van der Waals surface area contributed by atoms with Crippen molar-refractivity contribution in [1.82, 2.24) is 10.2 Å². The van der Waals surface area contributed by atoms with E-state index in [1.165, 1.54) is 0 Å². The van der Waals surface area contributed by atoms with Crippen LogP contribution in [0.25, 0.3) is 0 Å². The molecule has 0 aromatic carbocycles. The van der Waals surface area contributed by atoms with E-state index in [4.69, 9.17) is 0 Å². The molecule has 0 spiro atoms. The van der Waals surface area contributed by atoms with E-state index < -0.39 is 11.5 Å². The molecule has 2 amide bonds. The quantitative estimate of drug-likeness (QED) is 0.836. The Morgan fingerprint density at radius 1 is 1.15 bits per heavy atom. The molecule has 20 heavy (non-hydrogen) atoms. The summed E-state index contributed by atoms with van der Waals surface area (Å²) in [5.41, 5.74) is -1.06. The van der Waals surface area contributed by atoms with Crippen molar-refractivity contribution in [2.24, 2.45) is 5.92 Å². The van der Waals surface area contributed by atoms with Crippen LogP contribution in [-0.2, 0) is 4.79 Å². The van der Waals surface area contributed by atoms with E-state index in [1.54, 1.807) is 11.9 Å². The van der Waals surface area contributed by atoms with Gasteiger partial charge in [-0.1, -0.05) is 19.8 Å². The third-order valence-electron chi connectivity index (χ3n) is 5.08. The molecule has 0 bridgehead atoms. The topological polar surface area (TPSA) is 69.6 Å². The van der Waals surface area contributed by atoms with Gasteiger partial charge in [0.15, 0.2) is 0 Å². The molecular weight excluding hydrogens is 256 g/mol. The van der Waals surface area contributed by atoms with Crippen molar-refractivity contribution in [3.8, 4) is 0 Å². The van der Waals surface area contributed by atoms with E-state index in [2.05, 4.69) is 12.2 Å². The van der Waals surface area contributed by atoms with Crippen LogP contribution in [0.15, 0.2) is 0 Å². The summed E-state index contributed by atoms with van der Waals surface area (Å²) in [6, 6.07) is 0.0391. The molecule has 5 heteroatoms. The van der Waals surface area contributed by atoms with Crippen LogP contribution in [0.3, 0.4) is 0 Å². The predicted octanol–water partition coefficient (Wildman–Crippen LogP) is 2.60. The maximum atomic E-state index is 12.3. The summed E-state index contributed by atoms with van der Waals surface area (Å²) < 4.78 is 0. The van der Waals surface area contributed by atoms with Crippen LogP contribution in [0.5, 0.6) is 0 Å². The van der Waals surface area contributed by atoms with Crippen molar-refractivity contribution in [1.29, 1.82) is 0 Å². The molecular formula is C15H26N2O3. The van der Waals surface area contributed by atoms with Crippen molar-refractivity contribution < 1.29 is 14.7 Å². The smallest absolute Gasteiger partial charge is 0.329 e. The molecule has 0 heterocycles.